The molecule has 0 saturated carbocycles. The van der Waals surface area contributed by atoms with Crippen molar-refractivity contribution in [3.05, 3.63) is 89.0 Å². The lowest BCUT2D eigenvalue weighted by Crippen LogP contribution is -2.29. The summed E-state index contributed by atoms with van der Waals surface area (Å²) in [4.78, 5) is 26.3. The van der Waals surface area contributed by atoms with Gasteiger partial charge in [-0.2, -0.15) is 0 Å². The van der Waals surface area contributed by atoms with Crippen LogP contribution >= 0.6 is 0 Å². The van der Waals surface area contributed by atoms with Crippen molar-refractivity contribution >= 4 is 17.6 Å². The Hall–Kier alpha value is -2.74. The summed E-state index contributed by atoms with van der Waals surface area (Å²) in [6.45, 7) is 0. The van der Waals surface area contributed by atoms with Crippen LogP contribution in [0.2, 0.25) is 0 Å². The van der Waals surface area contributed by atoms with Gasteiger partial charge in [0.2, 0.25) is 0 Å². The highest BCUT2D eigenvalue weighted by molar-refractivity contribution is 6.06. The minimum absolute atomic E-state index is 0.0402. The summed E-state index contributed by atoms with van der Waals surface area (Å²) < 4.78 is 0. The van der Waals surface area contributed by atoms with E-state index in [9.17, 15) is 9.59 Å². The Labute approximate surface area is 140 Å². The second-order valence-corrected chi connectivity index (χ2v) is 6.79. The molecule has 4 atom stereocenters. The van der Waals surface area contributed by atoms with Gasteiger partial charge in [0.05, 0.1) is 11.8 Å². The maximum absolute atomic E-state index is 13.4. The molecule has 0 fully saturated rings. The van der Waals surface area contributed by atoms with Crippen LogP contribution in [0.5, 0.6) is 0 Å². The van der Waals surface area contributed by atoms with E-state index in [0.717, 1.165) is 22.3 Å². The highest BCUT2D eigenvalue weighted by Gasteiger charge is 2.47. The molecule has 2 nitrogen and oxygen atoms in total. The third kappa shape index (κ3) is 1.71. The first-order valence-electron chi connectivity index (χ1n) is 8.37. The summed E-state index contributed by atoms with van der Waals surface area (Å²) >= 11 is 0. The Bertz CT molecular complexity index is 934. The van der Waals surface area contributed by atoms with Gasteiger partial charge >= 0.3 is 0 Å². The van der Waals surface area contributed by atoms with Gasteiger partial charge in [0, 0.05) is 11.8 Å². The molecule has 5 rings (SSSR count). The average molecular weight is 312 g/mol. The molecule has 116 valence electrons. The number of hydrogen-bond acceptors (Lipinski definition) is 2. The maximum atomic E-state index is 13.4. The first-order chi connectivity index (χ1) is 11.8. The number of benzene rings is 2. The molecule has 0 saturated heterocycles. The number of fused-ring (bicyclic) bond motifs is 6. The predicted molar refractivity (Wildman–Crippen MR) is 92.8 cm³/mol. The quantitative estimate of drug-likeness (QED) is 0.737. The van der Waals surface area contributed by atoms with Crippen molar-refractivity contribution in [3.63, 3.8) is 0 Å². The van der Waals surface area contributed by atoms with E-state index in [1.165, 1.54) is 0 Å². The zero-order chi connectivity index (χ0) is 16.3. The Morgan fingerprint density at radius 3 is 2.12 bits per heavy atom. The summed E-state index contributed by atoms with van der Waals surface area (Å²) in [5.41, 5.74) is 4.17. The molecule has 0 unspecified atom stereocenters. The van der Waals surface area contributed by atoms with Crippen LogP contribution in [0.25, 0.3) is 6.08 Å². The molecule has 0 amide bonds. The van der Waals surface area contributed by atoms with E-state index in [2.05, 4.69) is 12.1 Å². The van der Waals surface area contributed by atoms with Gasteiger partial charge < -0.3 is 0 Å². The van der Waals surface area contributed by atoms with Gasteiger partial charge in [0.15, 0.2) is 5.78 Å². The van der Waals surface area contributed by atoms with Gasteiger partial charge in [-0.05, 0) is 28.3 Å². The zero-order valence-electron chi connectivity index (χ0n) is 13.1. The normalized spacial score (nSPS) is 29.5. The molecule has 2 aromatic carbocycles. The number of ketones is 2. The summed E-state index contributed by atoms with van der Waals surface area (Å²) in [5, 5.41) is 0. The number of carbonyl (C=O) groups excluding carboxylic acids is 2. The summed E-state index contributed by atoms with van der Waals surface area (Å²) in [6, 6.07) is 16.0. The van der Waals surface area contributed by atoms with E-state index in [4.69, 9.17) is 0 Å². The van der Waals surface area contributed by atoms with Gasteiger partial charge in [-0.1, -0.05) is 66.8 Å². The summed E-state index contributed by atoms with van der Waals surface area (Å²) in [7, 11) is 0. The summed E-state index contributed by atoms with van der Waals surface area (Å²) in [5.74, 6) is -0.875. The monoisotopic (exact) mass is 312 g/mol. The molecular weight excluding hydrogens is 296 g/mol. The lowest BCUT2D eigenvalue weighted by Gasteiger charge is -2.26. The molecule has 0 heterocycles. The first-order valence-corrected chi connectivity index (χ1v) is 8.37. The first kappa shape index (κ1) is 13.7. The van der Waals surface area contributed by atoms with Gasteiger partial charge in [-0.15, -0.1) is 0 Å². The van der Waals surface area contributed by atoms with E-state index in [-0.39, 0.29) is 23.4 Å². The van der Waals surface area contributed by atoms with Crippen molar-refractivity contribution in [1.29, 1.82) is 0 Å². The average Bonchev–Trinajstić information content (AvgIpc) is 2.89. The molecule has 0 spiro atoms. The Balaban J connectivity index is 1.88. The standard InChI is InChI=1S/C22H16O2/c23-19-12-11-16-15-7-3-4-8-17(15)20(19)21-14-6-2-1-5-13(14)9-10-18(16)22(21)24/h1-12,16,18,20-21H/t16-,18-,20-,21+/m0/s1. The van der Waals surface area contributed by atoms with E-state index in [1.807, 2.05) is 54.6 Å². The largest absolute Gasteiger partial charge is 0.298 e. The van der Waals surface area contributed by atoms with E-state index >= 15 is 0 Å². The van der Waals surface area contributed by atoms with Gasteiger partial charge in [-0.25, -0.2) is 0 Å². The minimum atomic E-state index is -0.416. The van der Waals surface area contributed by atoms with Crippen LogP contribution in [0.1, 0.15) is 40.0 Å². The van der Waals surface area contributed by atoms with Crippen LogP contribution in [0.4, 0.5) is 0 Å². The summed E-state index contributed by atoms with van der Waals surface area (Å²) in [6.07, 6.45) is 7.72. The topological polar surface area (TPSA) is 34.1 Å². The second-order valence-electron chi connectivity index (χ2n) is 6.79. The van der Waals surface area contributed by atoms with Crippen LogP contribution in [0.15, 0.2) is 66.8 Å². The van der Waals surface area contributed by atoms with E-state index in [0.29, 0.717) is 0 Å². The third-order valence-corrected chi connectivity index (χ3v) is 5.63. The van der Waals surface area contributed by atoms with Crippen molar-refractivity contribution in [1.82, 2.24) is 0 Å². The molecule has 2 aromatic rings. The molecule has 0 aliphatic heterocycles. The van der Waals surface area contributed by atoms with Gasteiger partial charge in [0.1, 0.15) is 5.78 Å². The number of hydrogen-bond donors (Lipinski definition) is 0. The number of Topliss-reactive ketones (excluding diaryl/α,β-unsaturated/α-hetero) is 1. The van der Waals surface area contributed by atoms with Gasteiger partial charge in [0.25, 0.3) is 0 Å². The van der Waals surface area contributed by atoms with Crippen LogP contribution < -0.4 is 0 Å². The van der Waals surface area contributed by atoms with Crippen molar-refractivity contribution in [3.8, 4) is 0 Å². The fourth-order valence-electron chi connectivity index (χ4n) is 4.56. The minimum Gasteiger partial charge on any atom is -0.298 e. The van der Waals surface area contributed by atoms with Crippen molar-refractivity contribution < 1.29 is 9.59 Å². The van der Waals surface area contributed by atoms with Crippen LogP contribution in [0.3, 0.4) is 0 Å². The van der Waals surface area contributed by atoms with Crippen molar-refractivity contribution in [2.24, 2.45) is 5.92 Å². The van der Waals surface area contributed by atoms with Crippen molar-refractivity contribution in [2.75, 3.05) is 0 Å². The fraction of sp³-hybridized carbons (Fsp3) is 0.182. The van der Waals surface area contributed by atoms with E-state index in [1.54, 1.807) is 6.08 Å². The Kier molecular flexibility index (Phi) is 2.78. The maximum Gasteiger partial charge on any atom is 0.163 e. The number of rotatable bonds is 0. The molecule has 0 radical (unpaired) electrons. The zero-order valence-corrected chi connectivity index (χ0v) is 13.1. The smallest absolute Gasteiger partial charge is 0.163 e. The Morgan fingerprint density at radius 1 is 0.625 bits per heavy atom. The lowest BCUT2D eigenvalue weighted by molar-refractivity contribution is -0.127. The molecule has 24 heavy (non-hydrogen) atoms. The molecule has 3 aliphatic rings. The lowest BCUT2D eigenvalue weighted by atomic mass is 9.74. The molecule has 3 aliphatic carbocycles. The fourth-order valence-corrected chi connectivity index (χ4v) is 4.56. The van der Waals surface area contributed by atoms with Crippen molar-refractivity contribution in [2.45, 2.75) is 17.8 Å². The van der Waals surface area contributed by atoms with Gasteiger partial charge in [-0.3, -0.25) is 9.59 Å². The third-order valence-electron chi connectivity index (χ3n) is 5.63. The SMILES string of the molecule is O=C1[C@H]2C=Cc3ccccc3[C@@H]1[C@@H]1C(=O)C=C[C@H]2c2ccccc21. The molecule has 0 aromatic heterocycles. The van der Waals surface area contributed by atoms with Crippen LogP contribution in [0, 0.1) is 5.92 Å². The molecule has 4 bridgehead atoms. The van der Waals surface area contributed by atoms with Crippen LogP contribution in [-0.2, 0) is 9.59 Å². The highest BCUT2D eigenvalue weighted by Crippen LogP contribution is 2.50. The van der Waals surface area contributed by atoms with Crippen LogP contribution in [-0.4, -0.2) is 11.6 Å². The van der Waals surface area contributed by atoms with E-state index < -0.39 is 11.8 Å². The number of carbonyl (C=O) groups is 2. The predicted octanol–water partition coefficient (Wildman–Crippen LogP) is 4.00. The molecule has 2 heteroatoms. The second kappa shape index (κ2) is 4.88. The highest BCUT2D eigenvalue weighted by atomic mass is 16.1. The Morgan fingerprint density at radius 2 is 1.29 bits per heavy atom. The molecular formula is C22H16O2. The molecule has 0 N–H and O–H groups in total. The number of allylic oxidation sites excluding steroid dienone is 3.